The van der Waals surface area contributed by atoms with Gasteiger partial charge in [-0.05, 0) is 62.9 Å². The number of hydrogen-bond donors (Lipinski definition) is 0. The van der Waals surface area contributed by atoms with Gasteiger partial charge in [-0.15, -0.1) is 0 Å². The molecule has 4 heteroatoms. The average Bonchev–Trinajstić information content (AvgIpc) is 3.12. The molecule has 132 valence electrons. The molecule has 0 spiro atoms. The van der Waals surface area contributed by atoms with E-state index in [2.05, 4.69) is 4.90 Å². The maximum atomic E-state index is 12.8. The summed E-state index contributed by atoms with van der Waals surface area (Å²) in [7, 11) is 2.00. The minimum atomic E-state index is 0.229. The van der Waals surface area contributed by atoms with E-state index in [4.69, 9.17) is 11.6 Å². The Balaban J connectivity index is 1.67. The molecule has 1 heterocycles. The Hall–Kier alpha value is -1.06. The van der Waals surface area contributed by atoms with Gasteiger partial charge in [-0.25, -0.2) is 0 Å². The molecule has 0 bridgehead atoms. The van der Waals surface area contributed by atoms with E-state index in [0.29, 0.717) is 18.5 Å². The number of nitrogens with zero attached hydrogens (tertiary/aromatic N) is 2. The van der Waals surface area contributed by atoms with Crippen molar-refractivity contribution < 1.29 is 4.79 Å². The van der Waals surface area contributed by atoms with Crippen LogP contribution < -0.4 is 0 Å². The number of aryl methyl sites for hydroxylation is 1. The van der Waals surface area contributed by atoms with E-state index in [-0.39, 0.29) is 5.91 Å². The number of halogens is 1. The summed E-state index contributed by atoms with van der Waals surface area (Å²) in [6, 6.07) is 6.83. The molecule has 0 aromatic heterocycles. The van der Waals surface area contributed by atoms with Gasteiger partial charge in [-0.1, -0.05) is 36.6 Å². The molecule has 0 N–H and O–H groups in total. The second kappa shape index (κ2) is 7.88. The van der Waals surface area contributed by atoms with Gasteiger partial charge < -0.3 is 4.90 Å². The van der Waals surface area contributed by atoms with Crippen LogP contribution in [0.3, 0.4) is 0 Å². The smallest absolute Gasteiger partial charge is 0.227 e. The SMILES string of the molecule is Cc1cc(CC(=O)N(C)C2CCCCC2N2CCCC2)ccc1Cl. The minimum absolute atomic E-state index is 0.229. The zero-order chi connectivity index (χ0) is 17.1. The monoisotopic (exact) mass is 348 g/mol. The molecule has 2 unspecified atom stereocenters. The van der Waals surface area contributed by atoms with Gasteiger partial charge in [0.1, 0.15) is 0 Å². The molecule has 1 aliphatic carbocycles. The van der Waals surface area contributed by atoms with Gasteiger partial charge in [0.15, 0.2) is 0 Å². The van der Waals surface area contributed by atoms with Crippen LogP contribution in [0.5, 0.6) is 0 Å². The molecular weight excluding hydrogens is 320 g/mol. The summed E-state index contributed by atoms with van der Waals surface area (Å²) in [5.74, 6) is 0.229. The molecule has 1 saturated carbocycles. The van der Waals surface area contributed by atoms with Crippen molar-refractivity contribution in [2.24, 2.45) is 0 Å². The third kappa shape index (κ3) is 3.94. The molecule has 0 radical (unpaired) electrons. The summed E-state index contributed by atoms with van der Waals surface area (Å²) in [6.07, 6.45) is 8.02. The molecule has 2 aliphatic rings. The fourth-order valence-corrected chi connectivity index (χ4v) is 4.46. The van der Waals surface area contributed by atoms with Crippen LogP contribution in [-0.4, -0.2) is 47.9 Å². The maximum absolute atomic E-state index is 12.8. The van der Waals surface area contributed by atoms with Crippen molar-refractivity contribution in [3.8, 4) is 0 Å². The van der Waals surface area contributed by atoms with Gasteiger partial charge in [-0.3, -0.25) is 9.69 Å². The van der Waals surface area contributed by atoms with Crippen molar-refractivity contribution in [1.29, 1.82) is 0 Å². The Morgan fingerprint density at radius 3 is 2.62 bits per heavy atom. The highest BCUT2D eigenvalue weighted by Gasteiger charge is 2.35. The normalized spacial score (nSPS) is 25.0. The van der Waals surface area contributed by atoms with Crippen LogP contribution in [0.2, 0.25) is 5.02 Å². The summed E-state index contributed by atoms with van der Waals surface area (Å²) in [5.41, 5.74) is 2.10. The topological polar surface area (TPSA) is 23.6 Å². The first-order chi connectivity index (χ1) is 11.6. The highest BCUT2D eigenvalue weighted by molar-refractivity contribution is 6.31. The Bertz CT molecular complexity index is 583. The van der Waals surface area contributed by atoms with Crippen molar-refractivity contribution in [3.05, 3.63) is 34.3 Å². The average molecular weight is 349 g/mol. The number of rotatable bonds is 4. The van der Waals surface area contributed by atoms with Crippen LogP contribution in [0.1, 0.15) is 49.7 Å². The third-order valence-electron chi connectivity index (χ3n) is 5.77. The van der Waals surface area contributed by atoms with E-state index in [9.17, 15) is 4.79 Å². The van der Waals surface area contributed by atoms with Crippen molar-refractivity contribution in [1.82, 2.24) is 9.80 Å². The third-order valence-corrected chi connectivity index (χ3v) is 6.20. The predicted octanol–water partition coefficient (Wildman–Crippen LogP) is 4.06. The lowest BCUT2D eigenvalue weighted by Crippen LogP contribution is -2.53. The predicted molar refractivity (Wildman–Crippen MR) is 99.5 cm³/mol. The maximum Gasteiger partial charge on any atom is 0.227 e. The van der Waals surface area contributed by atoms with E-state index in [1.807, 2.05) is 37.1 Å². The zero-order valence-corrected chi connectivity index (χ0v) is 15.7. The molecular formula is C20H29ClN2O. The Labute approximate surface area is 151 Å². The Morgan fingerprint density at radius 1 is 1.21 bits per heavy atom. The minimum Gasteiger partial charge on any atom is -0.341 e. The number of carbonyl (C=O) groups excluding carboxylic acids is 1. The first kappa shape index (κ1) is 17.8. The summed E-state index contributed by atoms with van der Waals surface area (Å²) < 4.78 is 0. The highest BCUT2D eigenvalue weighted by atomic mass is 35.5. The van der Waals surface area contributed by atoms with E-state index in [1.165, 1.54) is 45.2 Å². The van der Waals surface area contributed by atoms with Crippen LogP contribution in [0.4, 0.5) is 0 Å². The van der Waals surface area contributed by atoms with Crippen LogP contribution in [0, 0.1) is 6.92 Å². The number of amides is 1. The number of benzene rings is 1. The molecule has 1 aromatic carbocycles. The van der Waals surface area contributed by atoms with Crippen LogP contribution in [-0.2, 0) is 11.2 Å². The van der Waals surface area contributed by atoms with Gasteiger partial charge in [0.05, 0.1) is 6.42 Å². The summed E-state index contributed by atoms with van der Waals surface area (Å²) >= 11 is 6.09. The van der Waals surface area contributed by atoms with E-state index < -0.39 is 0 Å². The molecule has 3 nitrogen and oxygen atoms in total. The zero-order valence-electron chi connectivity index (χ0n) is 14.9. The molecule has 2 fully saturated rings. The van der Waals surface area contributed by atoms with Gasteiger partial charge in [-0.2, -0.15) is 0 Å². The number of likely N-dealkylation sites (N-methyl/N-ethyl adjacent to an activating group) is 1. The highest BCUT2D eigenvalue weighted by Crippen LogP contribution is 2.29. The van der Waals surface area contributed by atoms with Crippen molar-refractivity contribution in [2.45, 2.75) is 64.0 Å². The summed E-state index contributed by atoms with van der Waals surface area (Å²) in [4.78, 5) is 17.5. The van der Waals surface area contributed by atoms with Crippen molar-refractivity contribution in [3.63, 3.8) is 0 Å². The standard InChI is InChI=1S/C20H29ClN2O/c1-15-13-16(9-10-17(15)21)14-20(24)22(2)18-7-3-4-8-19(18)23-11-5-6-12-23/h9-10,13,18-19H,3-8,11-12,14H2,1-2H3. The van der Waals surface area contributed by atoms with Crippen LogP contribution >= 0.6 is 11.6 Å². The molecule has 1 amide bonds. The number of hydrogen-bond acceptors (Lipinski definition) is 2. The Kier molecular flexibility index (Phi) is 5.83. The lowest BCUT2D eigenvalue weighted by molar-refractivity contribution is -0.133. The van der Waals surface area contributed by atoms with E-state index in [1.54, 1.807) is 0 Å². The lowest BCUT2D eigenvalue weighted by Gasteiger charge is -2.42. The molecule has 3 rings (SSSR count). The molecule has 2 atom stereocenters. The summed E-state index contributed by atoms with van der Waals surface area (Å²) in [6.45, 7) is 4.41. The molecule has 24 heavy (non-hydrogen) atoms. The second-order valence-electron chi connectivity index (χ2n) is 7.43. The van der Waals surface area contributed by atoms with Crippen molar-refractivity contribution in [2.75, 3.05) is 20.1 Å². The fourth-order valence-electron chi connectivity index (χ4n) is 4.34. The second-order valence-corrected chi connectivity index (χ2v) is 7.83. The van der Waals surface area contributed by atoms with E-state index in [0.717, 1.165) is 22.6 Å². The van der Waals surface area contributed by atoms with E-state index >= 15 is 0 Å². The molecule has 1 aliphatic heterocycles. The number of carbonyl (C=O) groups is 1. The van der Waals surface area contributed by atoms with Gasteiger partial charge in [0, 0.05) is 24.2 Å². The van der Waals surface area contributed by atoms with Crippen LogP contribution in [0.15, 0.2) is 18.2 Å². The largest absolute Gasteiger partial charge is 0.341 e. The first-order valence-corrected chi connectivity index (χ1v) is 9.69. The molecule has 1 aromatic rings. The number of likely N-dealkylation sites (tertiary alicyclic amines) is 1. The van der Waals surface area contributed by atoms with Crippen LogP contribution in [0.25, 0.3) is 0 Å². The van der Waals surface area contributed by atoms with Gasteiger partial charge in [0.25, 0.3) is 0 Å². The molecule has 1 saturated heterocycles. The summed E-state index contributed by atoms with van der Waals surface area (Å²) in [5, 5.41) is 0.765. The van der Waals surface area contributed by atoms with Crippen molar-refractivity contribution >= 4 is 17.5 Å². The lowest BCUT2D eigenvalue weighted by atomic mass is 9.88. The fraction of sp³-hybridized carbons (Fsp3) is 0.650. The van der Waals surface area contributed by atoms with Gasteiger partial charge >= 0.3 is 0 Å². The van der Waals surface area contributed by atoms with Gasteiger partial charge in [0.2, 0.25) is 5.91 Å². The Morgan fingerprint density at radius 2 is 1.92 bits per heavy atom. The quantitative estimate of drug-likeness (QED) is 0.819. The first-order valence-electron chi connectivity index (χ1n) is 9.31.